The van der Waals surface area contributed by atoms with E-state index in [1.807, 2.05) is 36.8 Å². The van der Waals surface area contributed by atoms with Crippen LogP contribution >= 0.6 is 0 Å². The summed E-state index contributed by atoms with van der Waals surface area (Å²) in [6.45, 7) is 4.29. The molecule has 1 N–H and O–H groups in total. The molecule has 0 aliphatic rings. The summed E-state index contributed by atoms with van der Waals surface area (Å²) in [5, 5.41) is 3.44. The molecule has 0 fully saturated rings. The highest BCUT2D eigenvalue weighted by Crippen LogP contribution is 2.12. The van der Waals surface area contributed by atoms with Gasteiger partial charge in [-0.2, -0.15) is 4.57 Å². The molecule has 0 saturated heterocycles. The second-order valence-electron chi connectivity index (χ2n) is 5.89. The number of unbranched alkanes of at least 4 members (excludes halogenated alkanes) is 2. The van der Waals surface area contributed by atoms with Gasteiger partial charge in [0.05, 0.1) is 30.6 Å². The van der Waals surface area contributed by atoms with Gasteiger partial charge >= 0.3 is 0 Å². The molecule has 0 atom stereocenters. The fraction of sp³-hybridized carbons (Fsp3) is 0.368. The molecule has 0 radical (unpaired) electrons. The van der Waals surface area contributed by atoms with Gasteiger partial charge in [-0.05, 0) is 24.6 Å². The van der Waals surface area contributed by atoms with Crippen molar-refractivity contribution in [2.75, 3.05) is 11.9 Å². The molecule has 25 heavy (non-hydrogen) atoms. The Morgan fingerprint density at radius 1 is 1.16 bits per heavy atom. The summed E-state index contributed by atoms with van der Waals surface area (Å²) in [4.78, 5) is 4.41. The molecule has 0 aliphatic carbocycles. The zero-order valence-electron chi connectivity index (χ0n) is 14.6. The first-order valence-corrected chi connectivity index (χ1v) is 8.57. The molecule has 0 saturated carbocycles. The minimum atomic E-state index is 0. The van der Waals surface area contributed by atoms with E-state index >= 15 is 0 Å². The molecule has 134 valence electrons. The predicted octanol–water partition coefficient (Wildman–Crippen LogP) is 0.562. The van der Waals surface area contributed by atoms with E-state index in [2.05, 4.69) is 44.7 Å². The van der Waals surface area contributed by atoms with Gasteiger partial charge in [0.2, 0.25) is 0 Å². The van der Waals surface area contributed by atoms with Gasteiger partial charge in [0, 0.05) is 6.07 Å². The highest BCUT2D eigenvalue weighted by molar-refractivity contribution is 5.74. The van der Waals surface area contributed by atoms with Crippen molar-refractivity contribution in [1.82, 2.24) is 9.55 Å². The summed E-state index contributed by atoms with van der Waals surface area (Å²) < 4.78 is 9.87. The Morgan fingerprint density at radius 2 is 2.04 bits per heavy atom. The van der Waals surface area contributed by atoms with Gasteiger partial charge in [0.25, 0.3) is 6.73 Å². The molecule has 5 nitrogen and oxygen atoms in total. The molecule has 0 aliphatic heterocycles. The molecule has 0 bridgehead atoms. The van der Waals surface area contributed by atoms with E-state index in [9.17, 15) is 0 Å². The highest BCUT2D eigenvalue weighted by atomic mass is 35.5. The van der Waals surface area contributed by atoms with Crippen molar-refractivity contribution in [3.05, 3.63) is 55.1 Å². The summed E-state index contributed by atoms with van der Waals surface area (Å²) in [7, 11) is 0. The number of halogens is 1. The number of para-hydroxylation sites is 2. The first-order chi connectivity index (χ1) is 11.9. The molecule has 3 rings (SSSR count). The van der Waals surface area contributed by atoms with Crippen molar-refractivity contribution in [3.63, 3.8) is 0 Å². The number of nitrogens with one attached hydrogen (secondary N) is 1. The number of imidazole rings is 1. The quantitative estimate of drug-likeness (QED) is 0.448. The normalized spacial score (nSPS) is 10.6. The Morgan fingerprint density at radius 3 is 2.92 bits per heavy atom. The lowest BCUT2D eigenvalue weighted by atomic mass is 10.3. The Labute approximate surface area is 155 Å². The number of hydrogen-bond acceptors (Lipinski definition) is 3. The molecular weight excluding hydrogens is 336 g/mol. The minimum Gasteiger partial charge on any atom is -1.00 e. The van der Waals surface area contributed by atoms with Gasteiger partial charge in [0.15, 0.2) is 12.4 Å². The van der Waals surface area contributed by atoms with E-state index in [1.54, 1.807) is 0 Å². The lowest BCUT2D eigenvalue weighted by Crippen LogP contribution is -3.00. The van der Waals surface area contributed by atoms with Crippen LogP contribution in [0.15, 0.2) is 55.1 Å². The summed E-state index contributed by atoms with van der Waals surface area (Å²) in [6, 6.07) is 12.2. The highest BCUT2D eigenvalue weighted by Gasteiger charge is 2.04. The largest absolute Gasteiger partial charge is 1.00 e. The van der Waals surface area contributed by atoms with Crippen molar-refractivity contribution in [2.45, 2.75) is 39.6 Å². The maximum Gasteiger partial charge on any atom is 0.252 e. The van der Waals surface area contributed by atoms with E-state index in [0.29, 0.717) is 13.4 Å². The smallest absolute Gasteiger partial charge is 0.252 e. The summed E-state index contributed by atoms with van der Waals surface area (Å²) in [6.07, 6.45) is 9.54. The van der Waals surface area contributed by atoms with E-state index in [4.69, 9.17) is 4.74 Å². The van der Waals surface area contributed by atoms with Crippen molar-refractivity contribution < 1.29 is 21.7 Å². The number of pyridine rings is 1. The first-order valence-electron chi connectivity index (χ1n) is 8.57. The average molecular weight is 361 g/mol. The van der Waals surface area contributed by atoms with Gasteiger partial charge in [-0.3, -0.25) is 0 Å². The molecule has 6 heteroatoms. The number of rotatable bonds is 9. The van der Waals surface area contributed by atoms with Gasteiger partial charge in [-0.1, -0.05) is 31.9 Å². The van der Waals surface area contributed by atoms with Crippen molar-refractivity contribution in [1.29, 1.82) is 0 Å². The summed E-state index contributed by atoms with van der Waals surface area (Å²) in [5.74, 6) is 0. The van der Waals surface area contributed by atoms with Gasteiger partial charge in [-0.25, -0.2) is 4.98 Å². The average Bonchev–Trinajstić information content (AvgIpc) is 3.03. The monoisotopic (exact) mass is 360 g/mol. The number of aromatic nitrogens is 3. The van der Waals surface area contributed by atoms with Crippen LogP contribution in [0.5, 0.6) is 0 Å². The lowest BCUT2D eigenvalue weighted by Gasteiger charge is -2.07. The molecule has 1 aromatic carbocycles. The minimum absolute atomic E-state index is 0. The van der Waals surface area contributed by atoms with Crippen molar-refractivity contribution in [2.24, 2.45) is 0 Å². The van der Waals surface area contributed by atoms with Gasteiger partial charge < -0.3 is 27.0 Å². The van der Waals surface area contributed by atoms with Crippen LogP contribution in [0.4, 0.5) is 5.69 Å². The van der Waals surface area contributed by atoms with Crippen LogP contribution in [0.2, 0.25) is 0 Å². The number of nitrogens with zero attached hydrogens (tertiary/aromatic N) is 3. The fourth-order valence-corrected chi connectivity index (χ4v) is 2.64. The number of ether oxygens (including phenoxy) is 1. The number of fused-ring (bicyclic) bond motifs is 1. The molecule has 0 spiro atoms. The third-order valence-electron chi connectivity index (χ3n) is 3.97. The van der Waals surface area contributed by atoms with Crippen LogP contribution in [-0.2, 0) is 18.1 Å². The van der Waals surface area contributed by atoms with Crippen LogP contribution in [0, 0.1) is 0 Å². The molecule has 2 heterocycles. The van der Waals surface area contributed by atoms with Crippen molar-refractivity contribution >= 4 is 16.7 Å². The molecule has 0 unspecified atom stereocenters. The summed E-state index contributed by atoms with van der Waals surface area (Å²) in [5.41, 5.74) is 3.21. The van der Waals surface area contributed by atoms with Crippen LogP contribution < -0.4 is 22.3 Å². The summed E-state index contributed by atoms with van der Waals surface area (Å²) >= 11 is 0. The third-order valence-corrected chi connectivity index (χ3v) is 3.97. The van der Waals surface area contributed by atoms with E-state index in [-0.39, 0.29) is 12.4 Å². The fourth-order valence-electron chi connectivity index (χ4n) is 2.64. The molecule has 2 aromatic heterocycles. The topological polar surface area (TPSA) is 43.0 Å². The third kappa shape index (κ3) is 5.44. The molecule has 3 aromatic rings. The molecule has 0 amide bonds. The number of hydrogen-bond donors (Lipinski definition) is 1. The molecular formula is C19H25ClN4O. The van der Waals surface area contributed by atoms with Crippen LogP contribution in [0.25, 0.3) is 11.0 Å². The van der Waals surface area contributed by atoms with Crippen molar-refractivity contribution in [3.8, 4) is 0 Å². The Hall–Kier alpha value is -2.11. The maximum atomic E-state index is 5.70. The Balaban J connectivity index is 0.00000225. The Bertz CT molecular complexity index is 775. The second-order valence-corrected chi connectivity index (χ2v) is 5.89. The van der Waals surface area contributed by atoms with E-state index in [1.165, 1.54) is 12.8 Å². The Kier molecular flexibility index (Phi) is 7.70. The SMILES string of the molecule is CCCCCOC[n+]1cccc(NCn2cnc3ccccc32)c1.[Cl-]. The second kappa shape index (κ2) is 10.0. The van der Waals surface area contributed by atoms with Crippen LogP contribution in [0.3, 0.4) is 0 Å². The first kappa shape index (κ1) is 19.2. The number of anilines is 1. The van der Waals surface area contributed by atoms with E-state index < -0.39 is 0 Å². The van der Waals surface area contributed by atoms with E-state index in [0.717, 1.165) is 29.7 Å². The van der Waals surface area contributed by atoms with Gasteiger partial charge in [-0.15, -0.1) is 0 Å². The van der Waals surface area contributed by atoms with Crippen LogP contribution in [-0.4, -0.2) is 16.2 Å². The van der Waals surface area contributed by atoms with Gasteiger partial charge in [0.1, 0.15) is 5.69 Å². The maximum absolute atomic E-state index is 5.70. The van der Waals surface area contributed by atoms with Crippen LogP contribution in [0.1, 0.15) is 26.2 Å². The zero-order chi connectivity index (χ0) is 16.6. The standard InChI is InChI=1S/C19H25N4O.ClH/c1-2-3-6-12-24-16-22-11-7-8-17(13-22)20-14-23-15-21-18-9-4-5-10-19(18)23;/h4-5,7-11,13,15,20H,2-3,6,12,14,16H2,1H3;1H/q+1;/p-1. The zero-order valence-corrected chi connectivity index (χ0v) is 15.3. The lowest BCUT2D eigenvalue weighted by molar-refractivity contribution is -0.732. The number of benzene rings is 1. The predicted molar refractivity (Wildman–Crippen MR) is 95.5 cm³/mol.